The number of aliphatic hydroxyl groups excluding tert-OH is 1. The Hall–Kier alpha value is -1.46. The number of hydrogen-bond acceptors (Lipinski definition) is 4. The Morgan fingerprint density at radius 1 is 1.33 bits per heavy atom. The summed E-state index contributed by atoms with van der Waals surface area (Å²) in [4.78, 5) is 8.07. The minimum atomic E-state index is -0.702. The maximum absolute atomic E-state index is 10.0. The topological polar surface area (TPSA) is 55.2 Å². The lowest BCUT2D eigenvalue weighted by Gasteiger charge is -2.10. The summed E-state index contributed by atoms with van der Waals surface area (Å²) in [6, 6.07) is 7.42. The summed E-state index contributed by atoms with van der Waals surface area (Å²) < 4.78 is 6.02. The van der Waals surface area contributed by atoms with Gasteiger partial charge in [-0.3, -0.25) is 0 Å². The van der Waals surface area contributed by atoms with Crippen molar-refractivity contribution in [2.45, 2.75) is 12.5 Å². The molecule has 0 fully saturated rings. The molecule has 1 unspecified atom stereocenters. The van der Waals surface area contributed by atoms with E-state index in [2.05, 4.69) is 25.9 Å². The highest BCUT2D eigenvalue weighted by molar-refractivity contribution is 9.10. The van der Waals surface area contributed by atoms with Gasteiger partial charge in [-0.1, -0.05) is 6.07 Å². The first-order valence-electron chi connectivity index (χ1n) is 5.48. The van der Waals surface area contributed by atoms with Crippen LogP contribution in [0.25, 0.3) is 0 Å². The number of aromatic nitrogens is 2. The average molecular weight is 309 g/mol. The van der Waals surface area contributed by atoms with Crippen molar-refractivity contribution >= 4 is 15.9 Å². The average Bonchev–Trinajstić information content (AvgIpc) is 2.40. The van der Waals surface area contributed by atoms with Gasteiger partial charge in [0.15, 0.2) is 5.82 Å². The van der Waals surface area contributed by atoms with E-state index >= 15 is 0 Å². The Bertz CT molecular complexity index is 520. The van der Waals surface area contributed by atoms with E-state index in [0.29, 0.717) is 12.2 Å². The zero-order valence-electron chi connectivity index (χ0n) is 9.88. The molecule has 1 aromatic carbocycles. The van der Waals surface area contributed by atoms with Gasteiger partial charge in [0.25, 0.3) is 0 Å². The molecule has 1 aromatic heterocycles. The molecule has 2 rings (SSSR count). The predicted octanol–water partition coefficient (Wildman–Crippen LogP) is 2.52. The third kappa shape index (κ3) is 3.05. The molecular formula is C13H13BrN2O2. The first-order valence-corrected chi connectivity index (χ1v) is 6.27. The van der Waals surface area contributed by atoms with Crippen LogP contribution in [0.15, 0.2) is 41.1 Å². The Balaban J connectivity index is 2.12. The van der Waals surface area contributed by atoms with Crippen LogP contribution in [-0.2, 0) is 6.42 Å². The summed E-state index contributed by atoms with van der Waals surface area (Å²) in [7, 11) is 1.62. The zero-order chi connectivity index (χ0) is 13.0. The molecule has 0 spiro atoms. The first-order chi connectivity index (χ1) is 8.70. The Morgan fingerprint density at radius 2 is 2.06 bits per heavy atom. The summed E-state index contributed by atoms with van der Waals surface area (Å²) >= 11 is 3.42. The minimum Gasteiger partial charge on any atom is -0.496 e. The fourth-order valence-corrected chi connectivity index (χ4v) is 2.22. The second-order valence-electron chi connectivity index (χ2n) is 3.80. The van der Waals surface area contributed by atoms with Crippen molar-refractivity contribution in [2.24, 2.45) is 0 Å². The van der Waals surface area contributed by atoms with E-state index in [0.717, 1.165) is 15.8 Å². The van der Waals surface area contributed by atoms with E-state index in [1.54, 1.807) is 25.6 Å². The molecule has 0 amide bonds. The fourth-order valence-electron chi connectivity index (χ4n) is 1.63. The van der Waals surface area contributed by atoms with Crippen LogP contribution in [0.2, 0.25) is 0 Å². The van der Waals surface area contributed by atoms with Crippen LogP contribution >= 0.6 is 15.9 Å². The van der Waals surface area contributed by atoms with Gasteiger partial charge >= 0.3 is 0 Å². The molecule has 0 aliphatic rings. The van der Waals surface area contributed by atoms with Crippen molar-refractivity contribution in [3.05, 3.63) is 52.5 Å². The van der Waals surface area contributed by atoms with Gasteiger partial charge in [-0.05, 0) is 39.7 Å². The van der Waals surface area contributed by atoms with Crippen LogP contribution < -0.4 is 4.74 Å². The standard InChI is InChI=1S/C13H13BrN2O2/c1-18-12-4-3-9(7-10(12)14)8-11(17)13-15-5-2-6-16-13/h2-7,11,17H,8H2,1H3. The second-order valence-corrected chi connectivity index (χ2v) is 4.65. The molecule has 5 heteroatoms. The Kier molecular flexibility index (Phi) is 4.28. The number of ether oxygens (including phenoxy) is 1. The highest BCUT2D eigenvalue weighted by Gasteiger charge is 2.12. The van der Waals surface area contributed by atoms with Gasteiger partial charge in [-0.2, -0.15) is 0 Å². The van der Waals surface area contributed by atoms with E-state index in [-0.39, 0.29) is 0 Å². The summed E-state index contributed by atoms with van der Waals surface area (Å²) in [5.41, 5.74) is 0.989. The predicted molar refractivity (Wildman–Crippen MR) is 71.4 cm³/mol. The number of hydrogen-bond donors (Lipinski definition) is 1. The van der Waals surface area contributed by atoms with Gasteiger partial charge in [-0.15, -0.1) is 0 Å². The first kappa shape index (κ1) is 13.0. The largest absolute Gasteiger partial charge is 0.496 e. The highest BCUT2D eigenvalue weighted by atomic mass is 79.9. The van der Waals surface area contributed by atoms with Crippen LogP contribution in [0, 0.1) is 0 Å². The molecule has 0 saturated heterocycles. The molecule has 1 heterocycles. The van der Waals surface area contributed by atoms with Crippen LogP contribution in [0.3, 0.4) is 0 Å². The van der Waals surface area contributed by atoms with Crippen molar-refractivity contribution < 1.29 is 9.84 Å². The number of nitrogens with zero attached hydrogens (tertiary/aromatic N) is 2. The molecule has 1 atom stereocenters. The molecule has 0 saturated carbocycles. The van der Waals surface area contributed by atoms with Crippen LogP contribution in [0.4, 0.5) is 0 Å². The maximum Gasteiger partial charge on any atom is 0.157 e. The van der Waals surface area contributed by atoms with E-state index in [4.69, 9.17) is 4.74 Å². The molecular weight excluding hydrogens is 296 g/mol. The van der Waals surface area contributed by atoms with Crippen molar-refractivity contribution in [1.82, 2.24) is 9.97 Å². The van der Waals surface area contributed by atoms with Gasteiger partial charge < -0.3 is 9.84 Å². The summed E-state index contributed by atoms with van der Waals surface area (Å²) in [6.45, 7) is 0. The monoisotopic (exact) mass is 308 g/mol. The lowest BCUT2D eigenvalue weighted by atomic mass is 10.1. The number of benzene rings is 1. The molecule has 0 aliphatic heterocycles. The third-order valence-corrected chi connectivity index (χ3v) is 3.15. The van der Waals surface area contributed by atoms with Crippen molar-refractivity contribution in [2.75, 3.05) is 7.11 Å². The minimum absolute atomic E-state index is 0.435. The summed E-state index contributed by atoms with van der Waals surface area (Å²) in [5, 5.41) is 10.0. The number of rotatable bonds is 4. The van der Waals surface area contributed by atoms with E-state index < -0.39 is 6.10 Å². The van der Waals surface area contributed by atoms with E-state index in [1.165, 1.54) is 0 Å². The molecule has 4 nitrogen and oxygen atoms in total. The van der Waals surface area contributed by atoms with Crippen molar-refractivity contribution in [3.63, 3.8) is 0 Å². The Labute approximate surface area is 114 Å². The van der Waals surface area contributed by atoms with Crippen molar-refractivity contribution in [3.8, 4) is 5.75 Å². The fraction of sp³-hybridized carbons (Fsp3) is 0.231. The third-order valence-electron chi connectivity index (χ3n) is 2.53. The normalized spacial score (nSPS) is 12.2. The summed E-state index contributed by atoms with van der Waals surface area (Å²) in [6.07, 6.45) is 3.00. The molecule has 0 bridgehead atoms. The number of methoxy groups -OCH3 is 1. The lowest BCUT2D eigenvalue weighted by molar-refractivity contribution is 0.168. The van der Waals surface area contributed by atoms with Gasteiger partial charge in [0.1, 0.15) is 11.9 Å². The van der Waals surface area contributed by atoms with E-state index in [9.17, 15) is 5.11 Å². The van der Waals surface area contributed by atoms with Gasteiger partial charge in [0.05, 0.1) is 11.6 Å². The number of halogens is 1. The van der Waals surface area contributed by atoms with Crippen LogP contribution in [0.1, 0.15) is 17.5 Å². The summed E-state index contributed by atoms with van der Waals surface area (Å²) in [5.74, 6) is 1.20. The molecule has 1 N–H and O–H groups in total. The van der Waals surface area contributed by atoms with Crippen LogP contribution in [0.5, 0.6) is 5.75 Å². The molecule has 0 aliphatic carbocycles. The quantitative estimate of drug-likeness (QED) is 0.943. The van der Waals surface area contributed by atoms with Crippen molar-refractivity contribution in [1.29, 1.82) is 0 Å². The zero-order valence-corrected chi connectivity index (χ0v) is 11.5. The van der Waals surface area contributed by atoms with Gasteiger partial charge in [0, 0.05) is 18.8 Å². The number of aliphatic hydroxyl groups is 1. The van der Waals surface area contributed by atoms with Gasteiger partial charge in [0.2, 0.25) is 0 Å². The Morgan fingerprint density at radius 3 is 2.67 bits per heavy atom. The molecule has 0 radical (unpaired) electrons. The molecule has 2 aromatic rings. The highest BCUT2D eigenvalue weighted by Crippen LogP contribution is 2.27. The smallest absolute Gasteiger partial charge is 0.157 e. The van der Waals surface area contributed by atoms with Crippen LogP contribution in [-0.4, -0.2) is 22.2 Å². The van der Waals surface area contributed by atoms with E-state index in [1.807, 2.05) is 18.2 Å². The molecule has 18 heavy (non-hydrogen) atoms. The lowest BCUT2D eigenvalue weighted by Crippen LogP contribution is -2.06. The van der Waals surface area contributed by atoms with Gasteiger partial charge in [-0.25, -0.2) is 9.97 Å². The SMILES string of the molecule is COc1ccc(CC(O)c2ncccn2)cc1Br. The maximum atomic E-state index is 10.0. The second kappa shape index (κ2) is 5.93. The molecule has 94 valence electrons.